The lowest BCUT2D eigenvalue weighted by Crippen LogP contribution is -2.07. The van der Waals surface area contributed by atoms with Gasteiger partial charge in [-0.05, 0) is 26.0 Å². The quantitative estimate of drug-likeness (QED) is 0.873. The summed E-state index contributed by atoms with van der Waals surface area (Å²) in [5, 5.41) is 13.6. The standard InChI is InChI=1S/C12H12F2N2O/c1-7-3-4-16(15-7)12-10(8(2)17)5-9(13)6-11(12)14/h3-6,8,17H,1-2H3. The van der Waals surface area contributed by atoms with Gasteiger partial charge in [0.05, 0.1) is 11.8 Å². The Labute approximate surface area is 97.3 Å². The number of benzene rings is 1. The Kier molecular flexibility index (Phi) is 2.93. The van der Waals surface area contributed by atoms with E-state index < -0.39 is 17.7 Å². The molecule has 0 aliphatic heterocycles. The van der Waals surface area contributed by atoms with Crippen LogP contribution in [-0.2, 0) is 0 Å². The lowest BCUT2D eigenvalue weighted by Gasteiger charge is -2.13. The molecule has 0 spiro atoms. The molecule has 2 rings (SSSR count). The van der Waals surface area contributed by atoms with Gasteiger partial charge in [-0.25, -0.2) is 13.5 Å². The number of rotatable bonds is 2. The van der Waals surface area contributed by atoms with Gasteiger partial charge in [-0.3, -0.25) is 0 Å². The molecule has 5 heteroatoms. The Hall–Kier alpha value is -1.75. The van der Waals surface area contributed by atoms with Crippen molar-refractivity contribution in [3.8, 4) is 5.69 Å². The maximum Gasteiger partial charge on any atom is 0.152 e. The predicted octanol–water partition coefficient (Wildman–Crippen LogP) is 2.51. The van der Waals surface area contributed by atoms with Crippen LogP contribution in [0.1, 0.15) is 24.3 Å². The molecular formula is C12H12F2N2O. The second-order valence-electron chi connectivity index (χ2n) is 3.90. The molecule has 0 bridgehead atoms. The van der Waals surface area contributed by atoms with E-state index in [1.807, 2.05) is 0 Å². The molecule has 1 aromatic carbocycles. The van der Waals surface area contributed by atoms with Crippen LogP contribution in [-0.4, -0.2) is 14.9 Å². The van der Waals surface area contributed by atoms with Crippen LogP contribution < -0.4 is 0 Å². The topological polar surface area (TPSA) is 38.0 Å². The van der Waals surface area contributed by atoms with E-state index in [4.69, 9.17) is 0 Å². The molecule has 0 amide bonds. The van der Waals surface area contributed by atoms with E-state index in [9.17, 15) is 13.9 Å². The molecule has 1 atom stereocenters. The van der Waals surface area contributed by atoms with Crippen LogP contribution in [0.2, 0.25) is 0 Å². The van der Waals surface area contributed by atoms with Crippen molar-refractivity contribution >= 4 is 0 Å². The van der Waals surface area contributed by atoms with E-state index in [1.54, 1.807) is 19.2 Å². The van der Waals surface area contributed by atoms with E-state index in [0.29, 0.717) is 5.69 Å². The Morgan fingerprint density at radius 2 is 2.06 bits per heavy atom. The van der Waals surface area contributed by atoms with E-state index >= 15 is 0 Å². The molecule has 0 saturated heterocycles. The smallest absolute Gasteiger partial charge is 0.152 e. The Morgan fingerprint density at radius 1 is 1.35 bits per heavy atom. The van der Waals surface area contributed by atoms with E-state index in [0.717, 1.165) is 12.1 Å². The van der Waals surface area contributed by atoms with Gasteiger partial charge in [-0.2, -0.15) is 5.10 Å². The minimum absolute atomic E-state index is 0.0782. The molecule has 3 nitrogen and oxygen atoms in total. The Bertz CT molecular complexity index is 549. The van der Waals surface area contributed by atoms with Gasteiger partial charge in [0, 0.05) is 17.8 Å². The number of hydrogen-bond donors (Lipinski definition) is 1. The molecule has 1 heterocycles. The van der Waals surface area contributed by atoms with Crippen LogP contribution in [0.4, 0.5) is 8.78 Å². The van der Waals surface area contributed by atoms with Gasteiger partial charge in [0.15, 0.2) is 5.82 Å². The zero-order chi connectivity index (χ0) is 12.6. The first-order valence-corrected chi connectivity index (χ1v) is 5.18. The Morgan fingerprint density at radius 3 is 2.59 bits per heavy atom. The second kappa shape index (κ2) is 4.25. The van der Waals surface area contributed by atoms with Gasteiger partial charge in [-0.15, -0.1) is 0 Å². The maximum absolute atomic E-state index is 13.8. The van der Waals surface area contributed by atoms with Gasteiger partial charge in [-0.1, -0.05) is 0 Å². The highest BCUT2D eigenvalue weighted by molar-refractivity contribution is 5.43. The van der Waals surface area contributed by atoms with E-state index in [2.05, 4.69) is 5.10 Å². The first kappa shape index (κ1) is 11.7. The third-order valence-corrected chi connectivity index (χ3v) is 2.46. The third kappa shape index (κ3) is 2.19. The third-order valence-electron chi connectivity index (χ3n) is 2.46. The highest BCUT2D eigenvalue weighted by Crippen LogP contribution is 2.25. The Balaban J connectivity index is 2.67. The van der Waals surface area contributed by atoms with Gasteiger partial charge in [0.1, 0.15) is 11.5 Å². The van der Waals surface area contributed by atoms with Crippen molar-refractivity contribution in [1.29, 1.82) is 0 Å². The first-order chi connectivity index (χ1) is 7.99. The van der Waals surface area contributed by atoms with Crippen molar-refractivity contribution in [1.82, 2.24) is 9.78 Å². The van der Waals surface area contributed by atoms with Crippen LogP contribution in [0, 0.1) is 18.6 Å². The molecule has 0 fully saturated rings. The minimum Gasteiger partial charge on any atom is -0.389 e. The second-order valence-corrected chi connectivity index (χ2v) is 3.90. The molecule has 0 aliphatic rings. The summed E-state index contributed by atoms with van der Waals surface area (Å²) in [6.07, 6.45) is 0.595. The van der Waals surface area contributed by atoms with Crippen LogP contribution in [0.15, 0.2) is 24.4 Å². The zero-order valence-electron chi connectivity index (χ0n) is 9.48. The first-order valence-electron chi connectivity index (χ1n) is 5.18. The van der Waals surface area contributed by atoms with Gasteiger partial charge in [0.25, 0.3) is 0 Å². The van der Waals surface area contributed by atoms with Crippen LogP contribution in [0.25, 0.3) is 5.69 Å². The highest BCUT2D eigenvalue weighted by Gasteiger charge is 2.17. The fourth-order valence-electron chi connectivity index (χ4n) is 1.69. The molecule has 0 radical (unpaired) electrons. The number of aliphatic hydroxyl groups is 1. The van der Waals surface area contributed by atoms with Gasteiger partial charge < -0.3 is 5.11 Å². The summed E-state index contributed by atoms with van der Waals surface area (Å²) in [5.74, 6) is -1.46. The largest absolute Gasteiger partial charge is 0.389 e. The number of aliphatic hydroxyl groups excluding tert-OH is 1. The molecule has 1 unspecified atom stereocenters. The average molecular weight is 238 g/mol. The summed E-state index contributed by atoms with van der Waals surface area (Å²) < 4.78 is 28.2. The summed E-state index contributed by atoms with van der Waals surface area (Å²) in [5.41, 5.74) is 0.963. The van der Waals surface area contributed by atoms with Crippen molar-refractivity contribution in [3.63, 3.8) is 0 Å². The highest BCUT2D eigenvalue weighted by atomic mass is 19.1. The summed E-state index contributed by atoms with van der Waals surface area (Å²) in [6, 6.07) is 3.59. The fraction of sp³-hybridized carbons (Fsp3) is 0.250. The number of hydrogen-bond acceptors (Lipinski definition) is 2. The molecule has 0 aliphatic carbocycles. The molecule has 0 saturated carbocycles. The van der Waals surface area contributed by atoms with Crippen molar-refractivity contribution in [3.05, 3.63) is 47.3 Å². The lowest BCUT2D eigenvalue weighted by molar-refractivity contribution is 0.198. The monoisotopic (exact) mass is 238 g/mol. The predicted molar refractivity (Wildman–Crippen MR) is 58.9 cm³/mol. The van der Waals surface area contributed by atoms with Crippen LogP contribution >= 0.6 is 0 Å². The van der Waals surface area contributed by atoms with Crippen molar-refractivity contribution in [2.45, 2.75) is 20.0 Å². The zero-order valence-corrected chi connectivity index (χ0v) is 9.48. The normalized spacial score (nSPS) is 12.8. The van der Waals surface area contributed by atoms with Crippen molar-refractivity contribution in [2.75, 3.05) is 0 Å². The molecule has 2 aromatic rings. The molecular weight excluding hydrogens is 226 g/mol. The maximum atomic E-state index is 13.8. The SMILES string of the molecule is Cc1ccn(-c2c(F)cc(F)cc2C(C)O)n1. The fourth-order valence-corrected chi connectivity index (χ4v) is 1.69. The minimum atomic E-state index is -0.972. The summed E-state index contributed by atoms with van der Waals surface area (Å²) in [6.45, 7) is 3.22. The van der Waals surface area contributed by atoms with E-state index in [-0.39, 0.29) is 11.3 Å². The average Bonchev–Trinajstić information content (AvgIpc) is 2.63. The molecule has 90 valence electrons. The number of aromatic nitrogens is 2. The van der Waals surface area contributed by atoms with Crippen molar-refractivity contribution < 1.29 is 13.9 Å². The summed E-state index contributed by atoms with van der Waals surface area (Å²) >= 11 is 0. The lowest BCUT2D eigenvalue weighted by atomic mass is 10.1. The number of aryl methyl sites for hydroxylation is 1. The van der Waals surface area contributed by atoms with Gasteiger partial charge >= 0.3 is 0 Å². The van der Waals surface area contributed by atoms with Crippen molar-refractivity contribution in [2.24, 2.45) is 0 Å². The molecule has 1 aromatic heterocycles. The van der Waals surface area contributed by atoms with Crippen LogP contribution in [0.3, 0.4) is 0 Å². The number of halogens is 2. The number of nitrogens with zero attached hydrogens (tertiary/aromatic N) is 2. The van der Waals surface area contributed by atoms with E-state index in [1.165, 1.54) is 11.6 Å². The summed E-state index contributed by atoms with van der Waals surface area (Å²) in [7, 11) is 0. The summed E-state index contributed by atoms with van der Waals surface area (Å²) in [4.78, 5) is 0. The van der Waals surface area contributed by atoms with Crippen LogP contribution in [0.5, 0.6) is 0 Å². The molecule has 17 heavy (non-hydrogen) atoms. The van der Waals surface area contributed by atoms with Gasteiger partial charge in [0.2, 0.25) is 0 Å². The molecule has 1 N–H and O–H groups in total.